The standard InChI is InChI=1S/C24H20N2O6/c1-32-24(29)25(21(14-22(27)28)15-10-12-16(13-11-15)26(30)31)23-19-8-4-2-6-17(19)18-7-3-5-9-20(18)23/h2-13,21,23H,14H2,1H3,(H,27,28)/t21-/m0/s1. The van der Waals surface area contributed by atoms with Gasteiger partial charge in [-0.05, 0) is 27.8 Å². The molecule has 0 fully saturated rings. The van der Waals surface area contributed by atoms with Gasteiger partial charge in [-0.15, -0.1) is 0 Å². The van der Waals surface area contributed by atoms with Crippen LogP contribution in [-0.4, -0.2) is 34.1 Å². The number of nitrogens with zero attached hydrogens (tertiary/aromatic N) is 2. The number of carboxylic acids is 1. The summed E-state index contributed by atoms with van der Waals surface area (Å²) in [6.45, 7) is 0. The maximum Gasteiger partial charge on any atom is 0.410 e. The fourth-order valence-corrected chi connectivity index (χ4v) is 4.31. The number of nitro groups is 1. The highest BCUT2D eigenvalue weighted by Gasteiger charge is 2.40. The average Bonchev–Trinajstić information content (AvgIpc) is 3.13. The van der Waals surface area contributed by atoms with Gasteiger partial charge in [0.1, 0.15) is 0 Å². The number of rotatable bonds is 6. The molecule has 0 bridgehead atoms. The van der Waals surface area contributed by atoms with Crippen LogP contribution in [0.1, 0.15) is 35.2 Å². The number of nitro benzene ring substituents is 1. The Morgan fingerprint density at radius 1 is 1.00 bits per heavy atom. The summed E-state index contributed by atoms with van der Waals surface area (Å²) >= 11 is 0. The van der Waals surface area contributed by atoms with Gasteiger partial charge in [-0.3, -0.25) is 19.8 Å². The Balaban J connectivity index is 1.89. The van der Waals surface area contributed by atoms with Gasteiger partial charge in [0, 0.05) is 12.1 Å². The van der Waals surface area contributed by atoms with Crippen LogP contribution in [0.2, 0.25) is 0 Å². The number of non-ortho nitro benzene ring substituents is 1. The number of aliphatic carboxylic acids is 1. The van der Waals surface area contributed by atoms with Crippen LogP contribution in [0.5, 0.6) is 0 Å². The van der Waals surface area contributed by atoms with Crippen LogP contribution in [0.15, 0.2) is 72.8 Å². The number of ether oxygens (including phenoxy) is 1. The Hall–Kier alpha value is -4.20. The SMILES string of the molecule is COC(=O)N(C1c2ccccc2-c2ccccc21)[C@@H](CC(=O)O)c1ccc([N+](=O)[O-])cc1. The molecule has 1 aliphatic carbocycles. The molecule has 1 atom stereocenters. The largest absolute Gasteiger partial charge is 0.481 e. The summed E-state index contributed by atoms with van der Waals surface area (Å²) in [6, 6.07) is 19.4. The summed E-state index contributed by atoms with van der Waals surface area (Å²) in [5, 5.41) is 20.7. The summed E-state index contributed by atoms with van der Waals surface area (Å²) in [5.41, 5.74) is 3.97. The molecule has 1 N–H and O–H groups in total. The van der Waals surface area contributed by atoms with E-state index < -0.39 is 35.5 Å². The Bertz CT molecular complexity index is 1150. The van der Waals surface area contributed by atoms with E-state index in [-0.39, 0.29) is 5.69 Å². The predicted octanol–water partition coefficient (Wildman–Crippen LogP) is 4.95. The zero-order valence-corrected chi connectivity index (χ0v) is 17.2. The van der Waals surface area contributed by atoms with Crippen LogP contribution in [0.4, 0.5) is 10.5 Å². The van der Waals surface area contributed by atoms with Crippen LogP contribution in [0.25, 0.3) is 11.1 Å². The summed E-state index contributed by atoms with van der Waals surface area (Å²) in [6.07, 6.45) is -1.08. The topological polar surface area (TPSA) is 110 Å². The Morgan fingerprint density at radius 2 is 1.53 bits per heavy atom. The van der Waals surface area contributed by atoms with E-state index in [9.17, 15) is 24.8 Å². The fourth-order valence-electron chi connectivity index (χ4n) is 4.31. The first-order chi connectivity index (χ1) is 15.4. The van der Waals surface area contributed by atoms with E-state index in [1.165, 1.54) is 36.3 Å². The molecule has 162 valence electrons. The monoisotopic (exact) mass is 432 g/mol. The molecule has 0 heterocycles. The lowest BCUT2D eigenvalue weighted by atomic mass is 9.96. The van der Waals surface area contributed by atoms with Crippen molar-refractivity contribution in [1.82, 2.24) is 4.90 Å². The molecule has 0 saturated carbocycles. The van der Waals surface area contributed by atoms with Crippen LogP contribution in [0.3, 0.4) is 0 Å². The van der Waals surface area contributed by atoms with Gasteiger partial charge >= 0.3 is 12.1 Å². The lowest BCUT2D eigenvalue weighted by molar-refractivity contribution is -0.384. The van der Waals surface area contributed by atoms with Crippen LogP contribution in [0, 0.1) is 10.1 Å². The summed E-state index contributed by atoms with van der Waals surface area (Å²) in [7, 11) is 1.25. The molecule has 0 aliphatic heterocycles. The molecule has 0 aromatic heterocycles. The van der Waals surface area contributed by atoms with Gasteiger partial charge in [-0.1, -0.05) is 60.7 Å². The van der Waals surface area contributed by atoms with E-state index in [4.69, 9.17) is 4.74 Å². The van der Waals surface area contributed by atoms with E-state index in [0.29, 0.717) is 5.56 Å². The Kier molecular flexibility index (Phi) is 5.59. The molecule has 0 spiro atoms. The van der Waals surface area contributed by atoms with Crippen molar-refractivity contribution >= 4 is 17.7 Å². The first-order valence-corrected chi connectivity index (χ1v) is 9.93. The minimum atomic E-state index is -1.11. The number of fused-ring (bicyclic) bond motifs is 3. The molecule has 3 aromatic carbocycles. The first-order valence-electron chi connectivity index (χ1n) is 9.93. The molecule has 0 unspecified atom stereocenters. The second kappa shape index (κ2) is 8.50. The van der Waals surface area contributed by atoms with Crippen LogP contribution < -0.4 is 0 Å². The minimum absolute atomic E-state index is 0.121. The fraction of sp³-hybridized carbons (Fsp3) is 0.167. The Labute approximate surface area is 183 Å². The van der Waals surface area contributed by atoms with E-state index in [1.54, 1.807) is 0 Å². The first kappa shape index (κ1) is 21.0. The number of carbonyl (C=O) groups is 2. The van der Waals surface area contributed by atoms with Crippen molar-refractivity contribution in [2.24, 2.45) is 0 Å². The maximum atomic E-state index is 13.1. The molecule has 0 saturated heterocycles. The molecular formula is C24H20N2O6. The predicted molar refractivity (Wildman–Crippen MR) is 116 cm³/mol. The van der Waals surface area contributed by atoms with Crippen molar-refractivity contribution in [2.45, 2.75) is 18.5 Å². The number of methoxy groups -OCH3 is 1. The molecular weight excluding hydrogens is 412 g/mol. The highest BCUT2D eigenvalue weighted by atomic mass is 16.6. The van der Waals surface area contributed by atoms with Crippen molar-refractivity contribution in [3.8, 4) is 11.1 Å². The molecule has 4 rings (SSSR count). The van der Waals surface area contributed by atoms with Crippen molar-refractivity contribution in [3.05, 3.63) is 99.6 Å². The van der Waals surface area contributed by atoms with Crippen LogP contribution >= 0.6 is 0 Å². The lowest BCUT2D eigenvalue weighted by Gasteiger charge is -2.36. The highest BCUT2D eigenvalue weighted by Crippen LogP contribution is 2.49. The zero-order chi connectivity index (χ0) is 22.8. The third-order valence-corrected chi connectivity index (χ3v) is 5.66. The Morgan fingerprint density at radius 3 is 2.00 bits per heavy atom. The van der Waals surface area contributed by atoms with E-state index in [2.05, 4.69) is 0 Å². The minimum Gasteiger partial charge on any atom is -0.481 e. The smallest absolute Gasteiger partial charge is 0.410 e. The van der Waals surface area contributed by atoms with Crippen molar-refractivity contribution in [3.63, 3.8) is 0 Å². The maximum absolute atomic E-state index is 13.1. The third-order valence-electron chi connectivity index (χ3n) is 5.66. The number of hydrogen-bond donors (Lipinski definition) is 1. The molecule has 1 aliphatic rings. The van der Waals surface area contributed by atoms with Crippen molar-refractivity contribution in [1.29, 1.82) is 0 Å². The summed E-state index contributed by atoms with van der Waals surface area (Å²) in [4.78, 5) is 36.8. The molecule has 0 radical (unpaired) electrons. The van der Waals surface area contributed by atoms with E-state index in [0.717, 1.165) is 22.3 Å². The molecule has 8 nitrogen and oxygen atoms in total. The highest BCUT2D eigenvalue weighted by molar-refractivity contribution is 5.82. The second-order valence-corrected chi connectivity index (χ2v) is 7.42. The van der Waals surface area contributed by atoms with Gasteiger partial charge in [-0.25, -0.2) is 4.79 Å². The molecule has 1 amide bonds. The quantitative estimate of drug-likeness (QED) is 0.436. The summed E-state index contributed by atoms with van der Waals surface area (Å²) < 4.78 is 5.09. The van der Waals surface area contributed by atoms with Crippen molar-refractivity contribution in [2.75, 3.05) is 7.11 Å². The van der Waals surface area contributed by atoms with Gasteiger partial charge in [-0.2, -0.15) is 0 Å². The normalized spacial score (nSPS) is 13.0. The van der Waals surface area contributed by atoms with Gasteiger partial charge < -0.3 is 9.84 Å². The van der Waals surface area contributed by atoms with Gasteiger partial charge in [0.25, 0.3) is 5.69 Å². The van der Waals surface area contributed by atoms with E-state index in [1.807, 2.05) is 48.5 Å². The number of amides is 1. The molecule has 8 heteroatoms. The number of carbonyl (C=O) groups excluding carboxylic acids is 1. The van der Waals surface area contributed by atoms with Crippen molar-refractivity contribution < 1.29 is 24.4 Å². The van der Waals surface area contributed by atoms with E-state index >= 15 is 0 Å². The zero-order valence-electron chi connectivity index (χ0n) is 17.2. The van der Waals surface area contributed by atoms with Gasteiger partial charge in [0.2, 0.25) is 0 Å². The third kappa shape index (κ3) is 3.66. The average molecular weight is 432 g/mol. The van der Waals surface area contributed by atoms with Crippen LogP contribution in [-0.2, 0) is 9.53 Å². The number of carboxylic acid groups (broad SMARTS) is 1. The second-order valence-electron chi connectivity index (χ2n) is 7.42. The molecule has 32 heavy (non-hydrogen) atoms. The number of hydrogen-bond acceptors (Lipinski definition) is 5. The van der Waals surface area contributed by atoms with Gasteiger partial charge in [0.15, 0.2) is 0 Å². The lowest BCUT2D eigenvalue weighted by Crippen LogP contribution is -2.39. The summed E-state index contributed by atoms with van der Waals surface area (Å²) in [5.74, 6) is -1.11. The number of benzene rings is 3. The van der Waals surface area contributed by atoms with Gasteiger partial charge in [0.05, 0.1) is 30.5 Å². The molecule has 3 aromatic rings.